The molecular weight excluding hydrogens is 227 g/mol. The molecule has 0 N–H and O–H groups in total. The fraction of sp³-hybridized carbons (Fsp3) is 0. The molecule has 0 aliphatic heterocycles. The topological polar surface area (TPSA) is 17.8 Å². The molecule has 0 unspecified atom stereocenters. The van der Waals surface area contributed by atoms with Crippen molar-refractivity contribution in [1.29, 1.82) is 0 Å². The van der Waals surface area contributed by atoms with Crippen molar-refractivity contribution in [3.8, 4) is 16.9 Å². The van der Waals surface area contributed by atoms with E-state index in [-0.39, 0.29) is 0 Å². The molecule has 0 atom stereocenters. The maximum absolute atomic E-state index is 4.61. The van der Waals surface area contributed by atoms with Crippen molar-refractivity contribution < 1.29 is 0 Å². The Hall–Kier alpha value is -1.92. The first-order chi connectivity index (χ1) is 8.43. The van der Waals surface area contributed by atoms with Gasteiger partial charge in [0.05, 0.1) is 11.4 Å². The molecule has 2 aromatic carbocycles. The minimum Gasteiger partial charge on any atom is -0.215 e. The van der Waals surface area contributed by atoms with Gasteiger partial charge in [-0.05, 0) is 12.1 Å². The number of hydrogen-bond acceptors (Lipinski definition) is 1. The van der Waals surface area contributed by atoms with Gasteiger partial charge in [0.15, 0.2) is 0 Å². The Morgan fingerprint density at radius 2 is 1.47 bits per heavy atom. The average Bonchev–Trinajstić information content (AvgIpc) is 2.90. The number of para-hydroxylation sites is 1. The van der Waals surface area contributed by atoms with Crippen molar-refractivity contribution in [2.75, 3.05) is 0 Å². The molecular formula is C14H11N2P. The van der Waals surface area contributed by atoms with Gasteiger partial charge in [-0.25, -0.2) is 4.44 Å². The van der Waals surface area contributed by atoms with Crippen molar-refractivity contribution in [3.63, 3.8) is 0 Å². The molecule has 0 bridgehead atoms. The fourth-order valence-corrected chi connectivity index (χ4v) is 2.52. The fourth-order valence-electron chi connectivity index (χ4n) is 1.69. The highest BCUT2D eigenvalue weighted by Crippen LogP contribution is 2.23. The summed E-state index contributed by atoms with van der Waals surface area (Å²) in [6, 6.07) is 20.5. The normalized spacial score (nSPS) is 10.8. The first kappa shape index (κ1) is 10.2. The molecule has 0 aliphatic rings. The third-order valence-corrected chi connectivity index (χ3v) is 3.45. The molecule has 0 saturated carbocycles. The summed E-state index contributed by atoms with van der Waals surface area (Å²) < 4.78 is 1.99. The molecule has 82 valence electrons. The van der Waals surface area contributed by atoms with Crippen molar-refractivity contribution in [2.45, 2.75) is 0 Å². The van der Waals surface area contributed by atoms with Crippen LogP contribution in [0.4, 0.5) is 0 Å². The van der Waals surface area contributed by atoms with Crippen molar-refractivity contribution >= 4 is 8.35 Å². The quantitative estimate of drug-likeness (QED) is 0.656. The first-order valence-electron chi connectivity index (χ1n) is 5.47. The summed E-state index contributed by atoms with van der Waals surface area (Å²) in [6.07, 6.45) is 0. The minimum absolute atomic E-state index is 1.04. The van der Waals surface area contributed by atoms with E-state index in [4.69, 9.17) is 0 Å². The van der Waals surface area contributed by atoms with E-state index < -0.39 is 0 Å². The molecule has 3 aromatic rings. The second-order valence-electron chi connectivity index (χ2n) is 3.72. The van der Waals surface area contributed by atoms with Crippen molar-refractivity contribution in [2.24, 2.45) is 0 Å². The number of aromatic nitrogens is 2. The molecule has 2 nitrogen and oxygen atoms in total. The van der Waals surface area contributed by atoms with Crippen LogP contribution >= 0.6 is 8.35 Å². The Labute approximate surface area is 102 Å². The third kappa shape index (κ3) is 2.13. The highest BCUT2D eigenvalue weighted by atomic mass is 31.0. The lowest BCUT2D eigenvalue weighted by atomic mass is 10.2. The van der Waals surface area contributed by atoms with Crippen LogP contribution in [0.1, 0.15) is 0 Å². The number of rotatable bonds is 2. The summed E-state index contributed by atoms with van der Waals surface area (Å²) in [5.74, 6) is 2.13. The molecule has 3 heteroatoms. The minimum atomic E-state index is 1.04. The van der Waals surface area contributed by atoms with E-state index in [1.165, 1.54) is 5.56 Å². The maximum Gasteiger partial charge on any atom is 0.0976 e. The summed E-state index contributed by atoms with van der Waals surface area (Å²) in [7, 11) is 1.10. The average molecular weight is 238 g/mol. The molecule has 17 heavy (non-hydrogen) atoms. The lowest BCUT2D eigenvalue weighted by Gasteiger charge is -1.99. The van der Waals surface area contributed by atoms with Crippen LogP contribution in [0.2, 0.25) is 0 Å². The zero-order valence-electron chi connectivity index (χ0n) is 9.19. The predicted octanol–water partition coefficient (Wildman–Crippen LogP) is 4.12. The van der Waals surface area contributed by atoms with E-state index >= 15 is 0 Å². The van der Waals surface area contributed by atoms with Crippen LogP contribution in [-0.4, -0.2) is 9.54 Å². The number of hydrogen-bond donors (Lipinski definition) is 0. The van der Waals surface area contributed by atoms with Gasteiger partial charge < -0.3 is 0 Å². The van der Waals surface area contributed by atoms with Gasteiger partial charge in [-0.1, -0.05) is 48.5 Å². The Kier molecular flexibility index (Phi) is 2.73. The second kappa shape index (κ2) is 4.52. The zero-order valence-corrected chi connectivity index (χ0v) is 10.1. The maximum atomic E-state index is 4.61. The second-order valence-corrected chi connectivity index (χ2v) is 4.59. The first-order valence-corrected chi connectivity index (χ1v) is 6.38. The summed E-state index contributed by atoms with van der Waals surface area (Å²) in [6.45, 7) is 0. The molecule has 1 aromatic heterocycles. The van der Waals surface area contributed by atoms with Gasteiger partial charge in [0, 0.05) is 19.7 Å². The largest absolute Gasteiger partial charge is 0.215 e. The SMILES string of the molecule is c1ccc(-c2cpn(-c3ccccc3)n2)cc1. The van der Waals surface area contributed by atoms with Gasteiger partial charge in [0.25, 0.3) is 0 Å². The Morgan fingerprint density at radius 3 is 2.18 bits per heavy atom. The Balaban J connectivity index is 1.99. The van der Waals surface area contributed by atoms with Gasteiger partial charge in [0.1, 0.15) is 0 Å². The zero-order chi connectivity index (χ0) is 11.5. The predicted molar refractivity (Wildman–Crippen MR) is 71.5 cm³/mol. The molecule has 0 amide bonds. The van der Waals surface area contributed by atoms with Crippen molar-refractivity contribution in [1.82, 2.24) is 9.54 Å². The molecule has 3 rings (SSSR count). The van der Waals surface area contributed by atoms with Gasteiger partial charge in [-0.3, -0.25) is 0 Å². The Morgan fingerprint density at radius 1 is 0.824 bits per heavy atom. The van der Waals surface area contributed by atoms with Gasteiger partial charge in [0.2, 0.25) is 0 Å². The third-order valence-electron chi connectivity index (χ3n) is 2.55. The summed E-state index contributed by atoms with van der Waals surface area (Å²) >= 11 is 0. The van der Waals surface area contributed by atoms with E-state index in [0.29, 0.717) is 0 Å². The van der Waals surface area contributed by atoms with Crippen LogP contribution in [0.3, 0.4) is 0 Å². The van der Waals surface area contributed by atoms with E-state index in [1.807, 2.05) is 40.8 Å². The smallest absolute Gasteiger partial charge is 0.0976 e. The van der Waals surface area contributed by atoms with E-state index in [1.54, 1.807) is 0 Å². The number of nitrogens with zero attached hydrogens (tertiary/aromatic N) is 2. The molecule has 0 spiro atoms. The molecule has 0 fully saturated rings. The van der Waals surface area contributed by atoms with E-state index in [2.05, 4.69) is 35.2 Å². The lowest BCUT2D eigenvalue weighted by Crippen LogP contribution is -1.91. The summed E-state index contributed by atoms with van der Waals surface area (Å²) in [5, 5.41) is 4.61. The van der Waals surface area contributed by atoms with Gasteiger partial charge >= 0.3 is 0 Å². The number of benzene rings is 2. The van der Waals surface area contributed by atoms with Crippen LogP contribution < -0.4 is 0 Å². The van der Waals surface area contributed by atoms with Crippen molar-refractivity contribution in [3.05, 3.63) is 66.5 Å². The lowest BCUT2D eigenvalue weighted by molar-refractivity contribution is 0.962. The molecule has 0 aliphatic carbocycles. The van der Waals surface area contributed by atoms with Gasteiger partial charge in [-0.15, -0.1) is 0 Å². The molecule has 0 radical (unpaired) electrons. The van der Waals surface area contributed by atoms with Crippen LogP contribution in [-0.2, 0) is 0 Å². The van der Waals surface area contributed by atoms with Gasteiger partial charge in [-0.2, -0.15) is 5.10 Å². The van der Waals surface area contributed by atoms with E-state index in [9.17, 15) is 0 Å². The highest BCUT2D eigenvalue weighted by molar-refractivity contribution is 7.25. The van der Waals surface area contributed by atoms with Crippen LogP contribution in [0.5, 0.6) is 0 Å². The summed E-state index contributed by atoms with van der Waals surface area (Å²) in [4.78, 5) is 0. The monoisotopic (exact) mass is 238 g/mol. The highest BCUT2D eigenvalue weighted by Gasteiger charge is 2.02. The van der Waals surface area contributed by atoms with Crippen LogP contribution in [0, 0.1) is 0 Å². The molecule has 0 saturated heterocycles. The van der Waals surface area contributed by atoms with Crippen LogP contribution in [0.15, 0.2) is 66.5 Å². The summed E-state index contributed by atoms with van der Waals surface area (Å²) in [5.41, 5.74) is 3.32. The van der Waals surface area contributed by atoms with E-state index in [0.717, 1.165) is 19.7 Å². The standard InChI is InChI=1S/C14H11N2P/c1-3-7-12(8-4-1)14-11-17-16(15-14)13-9-5-2-6-10-13/h1-11H. The van der Waals surface area contributed by atoms with Crippen LogP contribution in [0.25, 0.3) is 16.9 Å². The Bertz CT molecular complexity index is 548. The molecule has 1 heterocycles.